The van der Waals surface area contributed by atoms with Crippen LogP contribution in [-0.2, 0) is 82.4 Å². The zero-order chi connectivity index (χ0) is 84.8. The molecule has 0 radical (unpaired) electrons. The lowest BCUT2D eigenvalue weighted by Gasteiger charge is -2.49. The van der Waals surface area contributed by atoms with Gasteiger partial charge in [-0.25, -0.2) is 4.18 Å². The number of benzene rings is 2. The largest absolute Gasteiger partial charge is 0.494 e. The lowest BCUT2D eigenvalue weighted by molar-refractivity contribution is -0.319. The number of rotatable bonds is 35. The van der Waals surface area contributed by atoms with Crippen LogP contribution in [0, 0.1) is 34.5 Å². The Kier molecular flexibility index (Phi) is 47.7. The first kappa shape index (κ1) is 104. The second kappa shape index (κ2) is 51.0. The fourth-order valence-electron chi connectivity index (χ4n) is 13.0. The number of ketones is 1. The van der Waals surface area contributed by atoms with Crippen molar-refractivity contribution in [2.75, 3.05) is 65.7 Å². The number of ether oxygens (including phenoxy) is 9. The van der Waals surface area contributed by atoms with E-state index in [0.29, 0.717) is 37.2 Å². The van der Waals surface area contributed by atoms with Crippen molar-refractivity contribution < 1.29 is 131 Å². The van der Waals surface area contributed by atoms with E-state index in [1.54, 1.807) is 72.7 Å². The number of nitrogens with one attached hydrogen (secondary N) is 2. The van der Waals surface area contributed by atoms with E-state index in [-0.39, 0.29) is 56.1 Å². The number of Topliss-reactive ketones (excluding diaryl/α,β-unsaturated/α-hetero) is 1. The summed E-state index contributed by atoms with van der Waals surface area (Å²) < 4.78 is 142. The quantitative estimate of drug-likeness (QED) is 0.0108. The molecule has 644 valence electrons. The first-order valence-electron chi connectivity index (χ1n) is 38.1. The van der Waals surface area contributed by atoms with Crippen molar-refractivity contribution in [2.45, 2.75) is 283 Å². The Morgan fingerprint density at radius 1 is 0.640 bits per heavy atom. The number of nitrogens with zero attached hydrogens (tertiary/aromatic N) is 1. The average Bonchev–Trinajstić information content (AvgIpc) is 0.784. The van der Waals surface area contributed by atoms with E-state index in [9.17, 15) is 60.1 Å². The van der Waals surface area contributed by atoms with Gasteiger partial charge >= 0.3 is 22.3 Å². The van der Waals surface area contributed by atoms with E-state index < -0.39 is 169 Å². The van der Waals surface area contributed by atoms with Gasteiger partial charge in [-0.15, -0.1) is 0 Å². The van der Waals surface area contributed by atoms with Gasteiger partial charge < -0.3 is 89.6 Å². The van der Waals surface area contributed by atoms with E-state index in [1.165, 1.54) is 72.8 Å². The van der Waals surface area contributed by atoms with Crippen LogP contribution in [0.15, 0.2) is 48.5 Å². The standard InChI is InChI=1S/C40H71NO14.C19H24N4O2.C12H26O4S.2C2H6O4S/c1-15-27-40(11,48)33(44)22(5)30(43)20(3)18-38(9,47)35(55-37-32(53-28(42)16-2)26(41(12)13)17-21(4)50-37)23(6)31(24(7)36(46)52-27)54-29-19-39(10,49-14)34(45)25(8)51-29;20-18(21)14-4-8-16(9-5-14)24-12-2-1-3-13-25-17-10-6-15(7-11-17)19(22)23;1-2-3-4-5-6-7-8-9-10-11-12-16-17(13,14)15;2*3-1-2-7(4,5)6/h20-27,29,31-35,37,44-45,47-48H,15-19H2,1-14H3;4-11H,1-3,12-13H2,(H3,20,21)(H3,22,23);2-12H2,1H3,(H,13,14,15);2*3H,1-2H2,(H,4,5,6). The highest BCUT2D eigenvalue weighted by atomic mass is 32.3. The minimum absolute atomic E-state index is 0.0579. The van der Waals surface area contributed by atoms with Crippen molar-refractivity contribution >= 4 is 60.0 Å². The Morgan fingerprint density at radius 3 is 1.50 bits per heavy atom. The van der Waals surface area contributed by atoms with Crippen molar-refractivity contribution in [3.8, 4) is 11.5 Å². The van der Waals surface area contributed by atoms with E-state index in [1.807, 2.05) is 50.2 Å². The molecular formula is C75H133N5O28S3. The van der Waals surface area contributed by atoms with Crippen LogP contribution >= 0.6 is 0 Å². The summed E-state index contributed by atoms with van der Waals surface area (Å²) in [5.74, 6) is -5.06. The molecule has 0 amide bonds. The van der Waals surface area contributed by atoms with Gasteiger partial charge in [-0.2, -0.15) is 25.3 Å². The summed E-state index contributed by atoms with van der Waals surface area (Å²) in [6.45, 7) is 20.5. The number of carbonyl (C=O) groups excluding carboxylic acids is 3. The van der Waals surface area contributed by atoms with Crippen LogP contribution in [-0.4, -0.2) is 254 Å². The number of aliphatic hydroxyl groups excluding tert-OH is 4. The predicted octanol–water partition coefficient (Wildman–Crippen LogP) is 7.09. The van der Waals surface area contributed by atoms with Crippen LogP contribution in [0.25, 0.3) is 0 Å². The zero-order valence-electron chi connectivity index (χ0n) is 67.6. The highest BCUT2D eigenvalue weighted by Gasteiger charge is 2.54. The molecule has 18 unspecified atom stereocenters. The van der Waals surface area contributed by atoms with E-state index in [2.05, 4.69) is 11.1 Å². The molecule has 33 nitrogen and oxygen atoms in total. The highest BCUT2D eigenvalue weighted by Crippen LogP contribution is 2.41. The van der Waals surface area contributed by atoms with Gasteiger partial charge in [0.25, 0.3) is 20.2 Å². The van der Waals surface area contributed by atoms with Gasteiger partial charge in [0.15, 0.2) is 18.7 Å². The smallest absolute Gasteiger partial charge is 0.397 e. The van der Waals surface area contributed by atoms with Gasteiger partial charge in [0.05, 0.1) is 98.2 Å². The molecule has 5 rings (SSSR count). The van der Waals surface area contributed by atoms with Gasteiger partial charge in [0, 0.05) is 48.8 Å². The number of nitrogen functional groups attached to an aromatic ring is 2. The topological polar surface area (TPSA) is 531 Å². The summed E-state index contributed by atoms with van der Waals surface area (Å²) >= 11 is 0. The normalized spacial score (nSPS) is 28.8. The zero-order valence-corrected chi connectivity index (χ0v) is 70.0. The number of likely N-dealkylation sites (N-methyl/N-ethyl adjacent to an activating group) is 1. The molecule has 0 spiro atoms. The molecule has 0 aliphatic carbocycles. The number of hydrogen-bond acceptors (Lipinski definition) is 28. The summed E-state index contributed by atoms with van der Waals surface area (Å²) in [7, 11) is -6.88. The molecule has 0 bridgehead atoms. The summed E-state index contributed by atoms with van der Waals surface area (Å²) in [4.78, 5) is 42.9. The van der Waals surface area contributed by atoms with Crippen molar-refractivity contribution in [1.82, 2.24) is 4.90 Å². The Labute approximate surface area is 658 Å². The molecule has 3 aliphatic heterocycles. The van der Waals surface area contributed by atoms with Crippen LogP contribution in [0.5, 0.6) is 11.5 Å². The van der Waals surface area contributed by atoms with E-state index >= 15 is 0 Å². The van der Waals surface area contributed by atoms with Gasteiger partial charge in [0.2, 0.25) is 0 Å². The minimum Gasteiger partial charge on any atom is -0.494 e. The number of unbranched alkanes of at least 4 members (excludes halogenated alkanes) is 11. The fraction of sp³-hybridized carbons (Fsp3) is 0.773. The van der Waals surface area contributed by atoms with Gasteiger partial charge in [-0.05, 0) is 149 Å². The van der Waals surface area contributed by atoms with Crippen molar-refractivity contribution in [2.24, 2.45) is 35.1 Å². The molecule has 18 atom stereocenters. The molecular weight excluding hydrogens is 1520 g/mol. The van der Waals surface area contributed by atoms with Crippen molar-refractivity contribution in [3.05, 3.63) is 59.7 Å². The van der Waals surface area contributed by atoms with Gasteiger partial charge in [-0.1, -0.05) is 99.3 Å². The fourth-order valence-corrected chi connectivity index (χ4v) is 13.8. The van der Waals surface area contributed by atoms with E-state index in [0.717, 1.165) is 43.6 Å². The second-order valence-electron chi connectivity index (χ2n) is 29.4. The third-order valence-electron chi connectivity index (χ3n) is 19.4. The maximum absolute atomic E-state index is 14.2. The summed E-state index contributed by atoms with van der Waals surface area (Å²) in [6, 6.07) is 14.1. The number of hydrogen-bond donors (Lipinski definition) is 13. The number of esters is 2. The number of cyclic esters (lactones) is 1. The van der Waals surface area contributed by atoms with Crippen LogP contribution < -0.4 is 20.9 Å². The number of aliphatic hydroxyl groups is 6. The minimum atomic E-state index is -4.23. The second-order valence-corrected chi connectivity index (χ2v) is 33.6. The molecule has 111 heavy (non-hydrogen) atoms. The number of methoxy groups -OCH3 is 1. The van der Waals surface area contributed by atoms with Crippen LogP contribution in [0.2, 0.25) is 0 Å². The average molecular weight is 1650 g/mol. The SMILES string of the molecule is CCC(=O)OC1C(OC2C(C)C(OC3CC(C)(OC)C(O)C(C)O3)C(C)C(=O)OC(CC)C(C)(O)C(O)C(C)C(=O)C(C)CC2(C)O)OC(C)CC1N(C)C.CCCCCCCCCCCCOS(=O)(=O)O.N=C(N)c1ccc(OCCCCCOc2ccc(C(=N)N)cc2)cc1.O=S(=O)(O)CCO.O=S(=O)(O)CCO. The first-order valence-corrected chi connectivity index (χ1v) is 42.6. The summed E-state index contributed by atoms with van der Waals surface area (Å²) in [5, 5.41) is 77.0. The number of nitrogens with two attached hydrogens (primary N) is 2. The van der Waals surface area contributed by atoms with Gasteiger partial charge in [0.1, 0.15) is 46.8 Å². The lowest BCUT2D eigenvalue weighted by Crippen LogP contribution is -2.61. The molecule has 2 aromatic rings. The molecule has 3 fully saturated rings. The number of amidine groups is 2. The van der Waals surface area contributed by atoms with Crippen LogP contribution in [0.3, 0.4) is 0 Å². The third kappa shape index (κ3) is 39.3. The summed E-state index contributed by atoms with van der Waals surface area (Å²) in [5.41, 5.74) is 7.29. The highest BCUT2D eigenvalue weighted by molar-refractivity contribution is 7.86. The Bertz CT molecular complexity index is 3280. The molecule has 36 heteroatoms. The van der Waals surface area contributed by atoms with E-state index in [4.69, 9.17) is 88.8 Å². The summed E-state index contributed by atoms with van der Waals surface area (Å²) in [6.07, 6.45) is 5.07. The Morgan fingerprint density at radius 2 is 1.10 bits per heavy atom. The molecule has 15 N–H and O–H groups in total. The maximum atomic E-state index is 14.2. The molecule has 3 heterocycles. The third-order valence-corrected chi connectivity index (χ3v) is 21.3. The van der Waals surface area contributed by atoms with Gasteiger partial charge in [-0.3, -0.25) is 38.9 Å². The maximum Gasteiger partial charge on any atom is 0.397 e. The predicted molar refractivity (Wildman–Crippen MR) is 417 cm³/mol. The van der Waals surface area contributed by atoms with Crippen molar-refractivity contribution in [1.29, 1.82) is 10.8 Å². The molecule has 0 saturated carbocycles. The first-order chi connectivity index (χ1) is 51.6. The monoisotopic (exact) mass is 1650 g/mol. The molecule has 3 aliphatic rings. The lowest BCUT2D eigenvalue weighted by atomic mass is 9.74. The Hall–Kier alpha value is -5.20. The Balaban J connectivity index is 0.000000891. The molecule has 3 saturated heterocycles. The van der Waals surface area contributed by atoms with Crippen LogP contribution in [0.4, 0.5) is 0 Å². The number of carbonyl (C=O) groups is 3. The van der Waals surface area contributed by atoms with Crippen molar-refractivity contribution in [3.63, 3.8) is 0 Å². The van der Waals surface area contributed by atoms with Crippen LogP contribution in [0.1, 0.15) is 210 Å². The molecule has 0 aromatic heterocycles. The molecule has 2 aromatic carbocycles.